The van der Waals surface area contributed by atoms with Gasteiger partial charge in [0.15, 0.2) is 0 Å². The highest BCUT2D eigenvalue weighted by Gasteiger charge is 2.11. The van der Waals surface area contributed by atoms with Crippen LogP contribution in [0.2, 0.25) is 0 Å². The SMILES string of the molecule is CCC(NC)c1ccccc1SCCC(C)C. The molecule has 0 heterocycles. The van der Waals surface area contributed by atoms with Gasteiger partial charge in [-0.15, -0.1) is 11.8 Å². The molecule has 96 valence electrons. The second-order valence-electron chi connectivity index (χ2n) is 4.82. The van der Waals surface area contributed by atoms with Crippen molar-refractivity contribution in [1.29, 1.82) is 0 Å². The highest BCUT2D eigenvalue weighted by Crippen LogP contribution is 2.29. The maximum Gasteiger partial charge on any atom is 0.0326 e. The molecule has 1 aromatic rings. The lowest BCUT2D eigenvalue weighted by Gasteiger charge is -2.18. The first-order valence-electron chi connectivity index (χ1n) is 6.58. The molecule has 0 aliphatic heterocycles. The second kappa shape index (κ2) is 7.78. The van der Waals surface area contributed by atoms with E-state index in [0.29, 0.717) is 6.04 Å². The predicted molar refractivity (Wildman–Crippen MR) is 78.7 cm³/mol. The minimum absolute atomic E-state index is 0.484. The van der Waals surface area contributed by atoms with Gasteiger partial charge in [0.05, 0.1) is 0 Å². The van der Waals surface area contributed by atoms with E-state index >= 15 is 0 Å². The Hall–Kier alpha value is -0.470. The number of hydrogen-bond donors (Lipinski definition) is 1. The van der Waals surface area contributed by atoms with Crippen LogP contribution in [0.15, 0.2) is 29.2 Å². The van der Waals surface area contributed by atoms with Crippen LogP contribution in [0.4, 0.5) is 0 Å². The molecule has 0 fully saturated rings. The number of rotatable bonds is 7. The van der Waals surface area contributed by atoms with E-state index in [-0.39, 0.29) is 0 Å². The highest BCUT2D eigenvalue weighted by molar-refractivity contribution is 7.99. The van der Waals surface area contributed by atoms with Crippen LogP contribution in [0.1, 0.15) is 45.2 Å². The molecule has 0 saturated heterocycles. The van der Waals surface area contributed by atoms with Gasteiger partial charge in [-0.2, -0.15) is 0 Å². The molecule has 0 aliphatic rings. The molecule has 1 aromatic carbocycles. The van der Waals surface area contributed by atoms with E-state index < -0.39 is 0 Å². The number of thioether (sulfide) groups is 1. The minimum atomic E-state index is 0.484. The van der Waals surface area contributed by atoms with Gasteiger partial charge in [0.25, 0.3) is 0 Å². The molecule has 1 atom stereocenters. The standard InChI is InChI=1S/C15H25NS/c1-5-14(16-4)13-8-6-7-9-15(13)17-11-10-12(2)3/h6-9,12,14,16H,5,10-11H2,1-4H3. The van der Waals surface area contributed by atoms with E-state index in [4.69, 9.17) is 0 Å². The molecular formula is C15H25NS. The molecule has 17 heavy (non-hydrogen) atoms. The van der Waals surface area contributed by atoms with Crippen molar-refractivity contribution >= 4 is 11.8 Å². The molecule has 1 rings (SSSR count). The summed E-state index contributed by atoms with van der Waals surface area (Å²) >= 11 is 1.99. The molecule has 0 bridgehead atoms. The normalized spacial score (nSPS) is 13.0. The van der Waals surface area contributed by atoms with Crippen LogP contribution in [-0.4, -0.2) is 12.8 Å². The summed E-state index contributed by atoms with van der Waals surface area (Å²) in [5, 5.41) is 3.39. The number of benzene rings is 1. The van der Waals surface area contributed by atoms with E-state index in [1.165, 1.54) is 22.6 Å². The Kier molecular flexibility index (Phi) is 6.68. The van der Waals surface area contributed by atoms with Crippen molar-refractivity contribution in [2.75, 3.05) is 12.8 Å². The summed E-state index contributed by atoms with van der Waals surface area (Å²) < 4.78 is 0. The fourth-order valence-corrected chi connectivity index (χ4v) is 3.24. The predicted octanol–water partition coefficient (Wildman–Crippen LogP) is 4.50. The molecular weight excluding hydrogens is 226 g/mol. The Morgan fingerprint density at radius 3 is 2.53 bits per heavy atom. The van der Waals surface area contributed by atoms with Gasteiger partial charge < -0.3 is 5.32 Å². The summed E-state index contributed by atoms with van der Waals surface area (Å²) in [4.78, 5) is 1.44. The van der Waals surface area contributed by atoms with E-state index in [1.807, 2.05) is 18.8 Å². The van der Waals surface area contributed by atoms with Gasteiger partial charge in [-0.05, 0) is 43.2 Å². The first-order chi connectivity index (χ1) is 8.19. The molecule has 0 aliphatic carbocycles. The van der Waals surface area contributed by atoms with Crippen molar-refractivity contribution in [1.82, 2.24) is 5.32 Å². The lowest BCUT2D eigenvalue weighted by atomic mass is 10.1. The van der Waals surface area contributed by atoms with Crippen molar-refractivity contribution in [2.24, 2.45) is 5.92 Å². The van der Waals surface area contributed by atoms with Crippen LogP contribution in [0.25, 0.3) is 0 Å². The van der Waals surface area contributed by atoms with E-state index in [2.05, 4.69) is 50.4 Å². The average molecular weight is 251 g/mol. The summed E-state index contributed by atoms with van der Waals surface area (Å²) in [7, 11) is 2.05. The third-order valence-corrected chi connectivity index (χ3v) is 4.13. The average Bonchev–Trinajstić information content (AvgIpc) is 2.32. The third-order valence-electron chi connectivity index (χ3n) is 3.00. The highest BCUT2D eigenvalue weighted by atomic mass is 32.2. The second-order valence-corrected chi connectivity index (χ2v) is 5.96. The van der Waals surface area contributed by atoms with Gasteiger partial charge in [0, 0.05) is 10.9 Å². The third kappa shape index (κ3) is 4.72. The zero-order chi connectivity index (χ0) is 12.7. The number of nitrogens with one attached hydrogen (secondary N) is 1. The van der Waals surface area contributed by atoms with Crippen LogP contribution in [0.5, 0.6) is 0 Å². The summed E-state index contributed by atoms with van der Waals surface area (Å²) in [6.45, 7) is 6.81. The zero-order valence-electron chi connectivity index (χ0n) is 11.5. The lowest BCUT2D eigenvalue weighted by molar-refractivity contribution is 0.568. The van der Waals surface area contributed by atoms with Crippen LogP contribution < -0.4 is 5.32 Å². The molecule has 2 heteroatoms. The van der Waals surface area contributed by atoms with Crippen LogP contribution in [0.3, 0.4) is 0 Å². The maximum atomic E-state index is 3.39. The quantitative estimate of drug-likeness (QED) is 0.716. The van der Waals surface area contributed by atoms with Gasteiger partial charge >= 0.3 is 0 Å². The summed E-state index contributed by atoms with van der Waals surface area (Å²) in [6, 6.07) is 9.27. The first-order valence-corrected chi connectivity index (χ1v) is 7.56. The van der Waals surface area contributed by atoms with Crippen molar-refractivity contribution < 1.29 is 0 Å². The lowest BCUT2D eigenvalue weighted by Crippen LogP contribution is -2.16. The van der Waals surface area contributed by atoms with Crippen LogP contribution in [0, 0.1) is 5.92 Å². The zero-order valence-corrected chi connectivity index (χ0v) is 12.3. The van der Waals surface area contributed by atoms with Crippen molar-refractivity contribution in [3.8, 4) is 0 Å². The van der Waals surface area contributed by atoms with Gasteiger partial charge in [-0.3, -0.25) is 0 Å². The van der Waals surface area contributed by atoms with Gasteiger partial charge in [-0.1, -0.05) is 39.0 Å². The summed E-state index contributed by atoms with van der Waals surface area (Å²) in [6.07, 6.45) is 2.42. The Morgan fingerprint density at radius 2 is 1.94 bits per heavy atom. The van der Waals surface area contributed by atoms with E-state index in [9.17, 15) is 0 Å². The Balaban J connectivity index is 2.70. The molecule has 0 aromatic heterocycles. The van der Waals surface area contributed by atoms with Gasteiger partial charge in [0.1, 0.15) is 0 Å². The fourth-order valence-electron chi connectivity index (χ4n) is 1.88. The van der Waals surface area contributed by atoms with Gasteiger partial charge in [-0.25, -0.2) is 0 Å². The molecule has 0 saturated carbocycles. The summed E-state index contributed by atoms with van der Waals surface area (Å²) in [5.41, 5.74) is 1.45. The largest absolute Gasteiger partial charge is 0.313 e. The first kappa shape index (κ1) is 14.6. The Labute approximate surface area is 110 Å². The molecule has 1 N–H and O–H groups in total. The van der Waals surface area contributed by atoms with Crippen molar-refractivity contribution in [2.45, 2.75) is 44.6 Å². The smallest absolute Gasteiger partial charge is 0.0326 e. The monoisotopic (exact) mass is 251 g/mol. The fraction of sp³-hybridized carbons (Fsp3) is 0.600. The van der Waals surface area contributed by atoms with Gasteiger partial charge in [0.2, 0.25) is 0 Å². The van der Waals surface area contributed by atoms with E-state index in [1.54, 1.807) is 0 Å². The van der Waals surface area contributed by atoms with Crippen molar-refractivity contribution in [3.63, 3.8) is 0 Å². The molecule has 0 spiro atoms. The van der Waals surface area contributed by atoms with Crippen LogP contribution >= 0.6 is 11.8 Å². The summed E-state index contributed by atoms with van der Waals surface area (Å²) in [5.74, 6) is 2.01. The molecule has 1 nitrogen and oxygen atoms in total. The molecule has 1 unspecified atom stereocenters. The number of hydrogen-bond acceptors (Lipinski definition) is 2. The minimum Gasteiger partial charge on any atom is -0.313 e. The van der Waals surface area contributed by atoms with Crippen LogP contribution in [-0.2, 0) is 0 Å². The maximum absolute atomic E-state index is 3.39. The Morgan fingerprint density at radius 1 is 1.24 bits per heavy atom. The molecule has 0 amide bonds. The van der Waals surface area contributed by atoms with E-state index in [0.717, 1.165) is 12.3 Å². The molecule has 0 radical (unpaired) electrons. The topological polar surface area (TPSA) is 12.0 Å². The Bertz CT molecular complexity index is 318. The van der Waals surface area contributed by atoms with Crippen molar-refractivity contribution in [3.05, 3.63) is 29.8 Å².